The van der Waals surface area contributed by atoms with Gasteiger partial charge in [-0.05, 0) is 6.92 Å². The van der Waals surface area contributed by atoms with Crippen LogP contribution in [0.3, 0.4) is 0 Å². The van der Waals surface area contributed by atoms with Gasteiger partial charge in [-0.15, -0.1) is 0 Å². The fraction of sp³-hybridized carbons (Fsp3) is 0.800. The molecule has 0 bridgehead atoms. The first-order chi connectivity index (χ1) is 9.85. The van der Waals surface area contributed by atoms with Gasteiger partial charge >= 0.3 is 0 Å². The fourth-order valence-corrected chi connectivity index (χ4v) is 2.77. The van der Waals surface area contributed by atoms with E-state index in [1.165, 1.54) is 4.90 Å². The van der Waals surface area contributed by atoms with Crippen LogP contribution in [0.2, 0.25) is 0 Å². The van der Waals surface area contributed by atoms with Crippen LogP contribution >= 0.6 is 0 Å². The van der Waals surface area contributed by atoms with Gasteiger partial charge in [-0.1, -0.05) is 13.8 Å². The number of carbonyl (C=O) groups excluding carboxylic acids is 1. The van der Waals surface area contributed by atoms with E-state index in [-0.39, 0.29) is 24.9 Å². The third-order valence-corrected chi connectivity index (χ3v) is 4.49. The predicted octanol–water partition coefficient (Wildman–Crippen LogP) is 1.17. The molecule has 6 heteroatoms. The molecule has 0 aliphatic heterocycles. The summed E-state index contributed by atoms with van der Waals surface area (Å²) in [7, 11) is 0. The van der Waals surface area contributed by atoms with E-state index in [0.29, 0.717) is 26.1 Å². The SMILES string of the molecule is CCOC1CC(N)(C(=O)N(CCC#N)CCC#N)C1(C)C. The smallest absolute Gasteiger partial charge is 0.243 e. The van der Waals surface area contributed by atoms with Gasteiger partial charge in [-0.2, -0.15) is 10.5 Å². The standard InChI is InChI=1S/C15H24N4O2/c1-4-21-12-11-15(18,14(12,2)3)13(20)19(9-5-7-16)10-6-8-17/h12H,4-6,9-11,18H2,1-3H3. The van der Waals surface area contributed by atoms with Crippen LogP contribution in [0.4, 0.5) is 0 Å². The molecule has 1 fully saturated rings. The number of amides is 1. The summed E-state index contributed by atoms with van der Waals surface area (Å²) in [5.74, 6) is -0.186. The molecule has 2 N–H and O–H groups in total. The molecule has 2 unspecified atom stereocenters. The number of nitrogens with two attached hydrogens (primary N) is 1. The minimum Gasteiger partial charge on any atom is -0.378 e. The maximum atomic E-state index is 12.8. The van der Waals surface area contributed by atoms with E-state index >= 15 is 0 Å². The van der Waals surface area contributed by atoms with Gasteiger partial charge < -0.3 is 15.4 Å². The molecule has 0 heterocycles. The van der Waals surface area contributed by atoms with Crippen molar-refractivity contribution in [3.8, 4) is 12.1 Å². The van der Waals surface area contributed by atoms with E-state index in [1.807, 2.05) is 32.9 Å². The van der Waals surface area contributed by atoms with Crippen molar-refractivity contribution in [2.24, 2.45) is 11.1 Å². The lowest BCUT2D eigenvalue weighted by Crippen LogP contribution is -2.76. The van der Waals surface area contributed by atoms with Gasteiger partial charge in [0.15, 0.2) is 0 Å². The highest BCUT2D eigenvalue weighted by molar-refractivity contribution is 5.89. The van der Waals surface area contributed by atoms with E-state index < -0.39 is 11.0 Å². The molecular weight excluding hydrogens is 268 g/mol. The summed E-state index contributed by atoms with van der Waals surface area (Å²) in [6.45, 7) is 6.99. The Morgan fingerprint density at radius 1 is 1.33 bits per heavy atom. The Morgan fingerprint density at radius 2 is 1.86 bits per heavy atom. The molecule has 0 aromatic heterocycles. The molecule has 0 saturated heterocycles. The normalized spacial score (nSPS) is 26.3. The molecule has 0 spiro atoms. The summed E-state index contributed by atoms with van der Waals surface area (Å²) >= 11 is 0. The fourth-order valence-electron chi connectivity index (χ4n) is 2.77. The van der Waals surface area contributed by atoms with Crippen LogP contribution in [-0.2, 0) is 9.53 Å². The highest BCUT2D eigenvalue weighted by atomic mass is 16.5. The Labute approximate surface area is 126 Å². The summed E-state index contributed by atoms with van der Waals surface area (Å²) < 4.78 is 5.63. The summed E-state index contributed by atoms with van der Waals surface area (Å²) in [5, 5.41) is 17.4. The van der Waals surface area contributed by atoms with Crippen LogP contribution in [0.25, 0.3) is 0 Å². The first kappa shape index (κ1) is 17.4. The van der Waals surface area contributed by atoms with Crippen LogP contribution in [0.1, 0.15) is 40.0 Å². The average Bonchev–Trinajstić information content (AvgIpc) is 2.46. The minimum atomic E-state index is -0.988. The van der Waals surface area contributed by atoms with Crippen LogP contribution in [0.5, 0.6) is 0 Å². The van der Waals surface area contributed by atoms with Gasteiger partial charge in [0.1, 0.15) is 5.54 Å². The largest absolute Gasteiger partial charge is 0.378 e. The van der Waals surface area contributed by atoms with E-state index in [4.69, 9.17) is 21.0 Å². The quantitative estimate of drug-likeness (QED) is 0.758. The van der Waals surface area contributed by atoms with Crippen LogP contribution in [0.15, 0.2) is 0 Å². The molecule has 1 aliphatic carbocycles. The van der Waals surface area contributed by atoms with Gasteiger partial charge in [0.25, 0.3) is 0 Å². The number of hydrogen-bond acceptors (Lipinski definition) is 5. The van der Waals surface area contributed by atoms with Crippen molar-refractivity contribution in [2.45, 2.75) is 51.7 Å². The summed E-state index contributed by atoms with van der Waals surface area (Å²) in [4.78, 5) is 14.3. The lowest BCUT2D eigenvalue weighted by Gasteiger charge is -2.58. The van der Waals surface area contributed by atoms with Crippen molar-refractivity contribution in [1.82, 2.24) is 4.90 Å². The lowest BCUT2D eigenvalue weighted by atomic mass is 9.54. The highest BCUT2D eigenvalue weighted by Crippen LogP contribution is 2.50. The zero-order chi connectivity index (χ0) is 16.1. The van der Waals surface area contributed by atoms with E-state index in [0.717, 1.165) is 0 Å². The molecule has 1 saturated carbocycles. The van der Waals surface area contributed by atoms with Crippen molar-refractivity contribution < 1.29 is 9.53 Å². The lowest BCUT2D eigenvalue weighted by molar-refractivity contribution is -0.179. The number of rotatable bonds is 7. The minimum absolute atomic E-state index is 0.0368. The van der Waals surface area contributed by atoms with Crippen molar-refractivity contribution in [1.29, 1.82) is 10.5 Å². The molecule has 1 rings (SSSR count). The topological polar surface area (TPSA) is 103 Å². The van der Waals surface area contributed by atoms with Gasteiger partial charge in [0, 0.05) is 31.5 Å². The molecule has 1 aliphatic rings. The van der Waals surface area contributed by atoms with Gasteiger partial charge in [-0.3, -0.25) is 4.79 Å². The first-order valence-electron chi connectivity index (χ1n) is 7.29. The van der Waals surface area contributed by atoms with E-state index in [1.54, 1.807) is 0 Å². The second kappa shape index (κ2) is 6.89. The summed E-state index contributed by atoms with van der Waals surface area (Å²) in [5.41, 5.74) is 4.90. The number of nitrogens with zero attached hydrogens (tertiary/aromatic N) is 3. The third kappa shape index (κ3) is 3.18. The highest BCUT2D eigenvalue weighted by Gasteiger charge is 2.63. The molecule has 0 radical (unpaired) electrons. The predicted molar refractivity (Wildman–Crippen MR) is 77.8 cm³/mol. The molecular formula is C15H24N4O2. The second-order valence-electron chi connectivity index (χ2n) is 5.95. The van der Waals surface area contributed by atoms with Gasteiger partial charge in [0.2, 0.25) is 5.91 Å². The van der Waals surface area contributed by atoms with Crippen LogP contribution in [-0.4, -0.2) is 42.1 Å². The van der Waals surface area contributed by atoms with Gasteiger partial charge in [0.05, 0.1) is 31.1 Å². The molecule has 0 aromatic carbocycles. The number of hydrogen-bond donors (Lipinski definition) is 1. The average molecular weight is 292 g/mol. The number of carbonyl (C=O) groups is 1. The molecule has 6 nitrogen and oxygen atoms in total. The van der Waals surface area contributed by atoms with E-state index in [2.05, 4.69) is 0 Å². The maximum Gasteiger partial charge on any atom is 0.243 e. The third-order valence-electron chi connectivity index (χ3n) is 4.49. The summed E-state index contributed by atoms with van der Waals surface area (Å²) in [6, 6.07) is 4.05. The van der Waals surface area contributed by atoms with Crippen LogP contribution in [0, 0.1) is 28.1 Å². The second-order valence-corrected chi connectivity index (χ2v) is 5.95. The number of nitriles is 2. The monoisotopic (exact) mass is 292 g/mol. The Hall–Kier alpha value is -1.63. The Bertz CT molecular complexity index is 445. The molecule has 2 atom stereocenters. The molecule has 21 heavy (non-hydrogen) atoms. The summed E-state index contributed by atoms with van der Waals surface area (Å²) in [6.07, 6.45) is 0.915. The molecule has 0 aromatic rings. The van der Waals surface area contributed by atoms with Crippen molar-refractivity contribution in [2.75, 3.05) is 19.7 Å². The Kier molecular flexibility index (Phi) is 5.71. The Balaban J connectivity index is 2.83. The van der Waals surface area contributed by atoms with Crippen molar-refractivity contribution in [3.05, 3.63) is 0 Å². The van der Waals surface area contributed by atoms with Gasteiger partial charge in [-0.25, -0.2) is 0 Å². The van der Waals surface area contributed by atoms with Crippen molar-refractivity contribution >= 4 is 5.91 Å². The zero-order valence-electron chi connectivity index (χ0n) is 13.1. The first-order valence-corrected chi connectivity index (χ1v) is 7.29. The molecule has 1 amide bonds. The zero-order valence-corrected chi connectivity index (χ0v) is 13.1. The Morgan fingerprint density at radius 3 is 2.24 bits per heavy atom. The molecule has 116 valence electrons. The van der Waals surface area contributed by atoms with Crippen LogP contribution < -0.4 is 5.73 Å². The van der Waals surface area contributed by atoms with E-state index in [9.17, 15) is 4.79 Å². The maximum absolute atomic E-state index is 12.8. The number of ether oxygens (including phenoxy) is 1. The van der Waals surface area contributed by atoms with Crippen molar-refractivity contribution in [3.63, 3.8) is 0 Å².